The molecule has 1 aliphatic heterocycles. The molecule has 2 heterocycles. The largest absolute Gasteiger partial charge is 0.368 e. The van der Waals surface area contributed by atoms with E-state index < -0.39 is 0 Å². The zero-order chi connectivity index (χ0) is 20.1. The Kier molecular flexibility index (Phi) is 6.29. The van der Waals surface area contributed by atoms with Crippen molar-refractivity contribution >= 4 is 17.5 Å². The summed E-state index contributed by atoms with van der Waals surface area (Å²) in [5.41, 5.74) is 3.22. The summed E-state index contributed by atoms with van der Waals surface area (Å²) in [6, 6.07) is 11.8. The van der Waals surface area contributed by atoms with Crippen molar-refractivity contribution in [1.82, 2.24) is 15.2 Å². The van der Waals surface area contributed by atoms with Crippen molar-refractivity contribution in [2.75, 3.05) is 31.1 Å². The number of amides is 2. The van der Waals surface area contributed by atoms with Gasteiger partial charge in [0.1, 0.15) is 5.69 Å². The van der Waals surface area contributed by atoms with E-state index >= 15 is 0 Å². The van der Waals surface area contributed by atoms with Gasteiger partial charge < -0.3 is 15.1 Å². The molecule has 0 saturated carbocycles. The van der Waals surface area contributed by atoms with E-state index in [0.29, 0.717) is 18.7 Å². The van der Waals surface area contributed by atoms with Gasteiger partial charge >= 0.3 is 0 Å². The fraction of sp³-hybridized carbons (Fsp3) is 0.409. The molecule has 1 aromatic heterocycles. The predicted molar refractivity (Wildman–Crippen MR) is 111 cm³/mol. The molecule has 1 atom stereocenters. The molecule has 0 spiro atoms. The smallest absolute Gasteiger partial charge is 0.270 e. The molecule has 148 valence electrons. The summed E-state index contributed by atoms with van der Waals surface area (Å²) in [7, 11) is 0. The average Bonchev–Trinajstić information content (AvgIpc) is 2.73. The lowest BCUT2D eigenvalue weighted by molar-refractivity contribution is 0.0746. The van der Waals surface area contributed by atoms with Crippen LogP contribution in [0.4, 0.5) is 5.69 Å². The average molecular weight is 380 g/mol. The van der Waals surface area contributed by atoms with Crippen LogP contribution in [0.3, 0.4) is 0 Å². The maximum Gasteiger partial charge on any atom is 0.270 e. The van der Waals surface area contributed by atoms with Crippen LogP contribution in [0.2, 0.25) is 0 Å². The first kappa shape index (κ1) is 19.9. The molecule has 2 amide bonds. The molecule has 6 nitrogen and oxygen atoms in total. The van der Waals surface area contributed by atoms with Crippen molar-refractivity contribution in [1.29, 1.82) is 0 Å². The molecule has 6 heteroatoms. The second-order valence-electron chi connectivity index (χ2n) is 7.33. The Hall–Kier alpha value is -2.89. The number of aryl methyl sites for hydroxylation is 1. The highest BCUT2D eigenvalue weighted by Gasteiger charge is 2.23. The van der Waals surface area contributed by atoms with Crippen molar-refractivity contribution in [3.63, 3.8) is 0 Å². The second kappa shape index (κ2) is 8.87. The summed E-state index contributed by atoms with van der Waals surface area (Å²) in [6.07, 6.45) is 2.37. The third-order valence-corrected chi connectivity index (χ3v) is 5.16. The van der Waals surface area contributed by atoms with Gasteiger partial charge in [-0.05, 0) is 50.1 Å². The number of carbonyl (C=O) groups is 2. The van der Waals surface area contributed by atoms with E-state index in [1.807, 2.05) is 18.7 Å². The van der Waals surface area contributed by atoms with Crippen LogP contribution < -0.4 is 10.2 Å². The van der Waals surface area contributed by atoms with Gasteiger partial charge in [-0.3, -0.25) is 14.6 Å². The van der Waals surface area contributed by atoms with E-state index in [0.717, 1.165) is 19.5 Å². The number of benzene rings is 1. The van der Waals surface area contributed by atoms with Crippen molar-refractivity contribution in [2.24, 2.45) is 0 Å². The molecule has 0 aliphatic carbocycles. The minimum atomic E-state index is -0.242. The molecule has 1 saturated heterocycles. The Labute approximate surface area is 166 Å². The van der Waals surface area contributed by atoms with Gasteiger partial charge in [-0.15, -0.1) is 0 Å². The monoisotopic (exact) mass is 380 g/mol. The van der Waals surface area contributed by atoms with E-state index in [1.54, 1.807) is 12.1 Å². The van der Waals surface area contributed by atoms with Crippen molar-refractivity contribution < 1.29 is 9.59 Å². The van der Waals surface area contributed by atoms with Crippen LogP contribution in [-0.4, -0.2) is 53.9 Å². The van der Waals surface area contributed by atoms with Gasteiger partial charge in [-0.25, -0.2) is 0 Å². The summed E-state index contributed by atoms with van der Waals surface area (Å²) in [6.45, 7) is 8.94. The molecule has 1 unspecified atom stereocenters. The highest BCUT2D eigenvalue weighted by atomic mass is 16.2. The molecule has 2 aromatic rings. The molecule has 1 aromatic carbocycles. The lowest BCUT2D eigenvalue weighted by Crippen LogP contribution is -2.48. The number of nitrogens with zero attached hydrogens (tertiary/aromatic N) is 3. The van der Waals surface area contributed by atoms with Gasteiger partial charge in [0, 0.05) is 49.7 Å². The van der Waals surface area contributed by atoms with Gasteiger partial charge in [-0.1, -0.05) is 19.1 Å². The maximum atomic E-state index is 12.9. The first-order valence-electron chi connectivity index (χ1n) is 9.85. The van der Waals surface area contributed by atoms with Crippen molar-refractivity contribution in [3.05, 3.63) is 59.4 Å². The molecule has 1 N–H and O–H groups in total. The van der Waals surface area contributed by atoms with Gasteiger partial charge in [0.05, 0.1) is 0 Å². The van der Waals surface area contributed by atoms with E-state index in [4.69, 9.17) is 0 Å². The molecular weight excluding hydrogens is 352 g/mol. The normalized spacial score (nSPS) is 15.2. The van der Waals surface area contributed by atoms with Crippen LogP contribution in [0.25, 0.3) is 0 Å². The fourth-order valence-electron chi connectivity index (χ4n) is 3.26. The first-order valence-corrected chi connectivity index (χ1v) is 9.85. The van der Waals surface area contributed by atoms with Crippen LogP contribution in [0.5, 0.6) is 0 Å². The molecule has 1 fully saturated rings. The van der Waals surface area contributed by atoms with Gasteiger partial charge in [0.2, 0.25) is 0 Å². The van der Waals surface area contributed by atoms with E-state index in [9.17, 15) is 9.59 Å². The number of hydrogen-bond acceptors (Lipinski definition) is 4. The molecule has 0 radical (unpaired) electrons. The van der Waals surface area contributed by atoms with Gasteiger partial charge in [-0.2, -0.15) is 0 Å². The third-order valence-electron chi connectivity index (χ3n) is 5.16. The quantitative estimate of drug-likeness (QED) is 0.866. The Morgan fingerprint density at radius 3 is 2.57 bits per heavy atom. The number of anilines is 1. The lowest BCUT2D eigenvalue weighted by atomic mass is 10.1. The molecule has 0 bridgehead atoms. The summed E-state index contributed by atoms with van der Waals surface area (Å²) in [4.78, 5) is 33.5. The SMILES string of the molecule is CCC(C)NC(=O)c1cc(C(=O)N2CCN(c3cccc(C)c3)CC2)ccn1. The van der Waals surface area contributed by atoms with Crippen LogP contribution in [0.15, 0.2) is 42.6 Å². The predicted octanol–water partition coefficient (Wildman–Crippen LogP) is 2.88. The van der Waals surface area contributed by atoms with Crippen LogP contribution in [-0.2, 0) is 0 Å². The summed E-state index contributed by atoms with van der Waals surface area (Å²) in [5, 5.41) is 2.89. The van der Waals surface area contributed by atoms with E-state index in [2.05, 4.69) is 46.4 Å². The number of hydrogen-bond donors (Lipinski definition) is 1. The van der Waals surface area contributed by atoms with Gasteiger partial charge in [0.25, 0.3) is 11.8 Å². The van der Waals surface area contributed by atoms with E-state index in [1.165, 1.54) is 17.4 Å². The number of rotatable bonds is 5. The number of carbonyl (C=O) groups excluding carboxylic acids is 2. The minimum Gasteiger partial charge on any atom is -0.368 e. The second-order valence-corrected chi connectivity index (χ2v) is 7.33. The standard InChI is InChI=1S/C22H28N4O2/c1-4-17(3)24-21(27)20-15-18(8-9-23-20)22(28)26-12-10-25(11-13-26)19-7-5-6-16(2)14-19/h5-9,14-15,17H,4,10-13H2,1-3H3,(H,24,27). The third kappa shape index (κ3) is 4.68. The fourth-order valence-corrected chi connectivity index (χ4v) is 3.26. The van der Waals surface area contributed by atoms with Crippen LogP contribution in [0, 0.1) is 6.92 Å². The number of pyridine rings is 1. The highest BCUT2D eigenvalue weighted by Crippen LogP contribution is 2.18. The number of nitrogens with one attached hydrogen (secondary N) is 1. The van der Waals surface area contributed by atoms with Gasteiger partial charge in [0.15, 0.2) is 0 Å². The maximum absolute atomic E-state index is 12.9. The summed E-state index contributed by atoms with van der Waals surface area (Å²) < 4.78 is 0. The lowest BCUT2D eigenvalue weighted by Gasteiger charge is -2.36. The summed E-state index contributed by atoms with van der Waals surface area (Å²) >= 11 is 0. The molecular formula is C22H28N4O2. The Bertz CT molecular complexity index is 844. The molecule has 3 rings (SSSR count). The Morgan fingerprint density at radius 1 is 1.14 bits per heavy atom. The zero-order valence-electron chi connectivity index (χ0n) is 16.8. The minimum absolute atomic E-state index is 0.0520. The Balaban J connectivity index is 1.63. The van der Waals surface area contributed by atoms with Crippen molar-refractivity contribution in [3.8, 4) is 0 Å². The summed E-state index contributed by atoms with van der Waals surface area (Å²) in [5.74, 6) is -0.294. The molecule has 1 aliphatic rings. The number of piperazine rings is 1. The van der Waals surface area contributed by atoms with Crippen LogP contribution in [0.1, 0.15) is 46.7 Å². The number of aromatic nitrogens is 1. The Morgan fingerprint density at radius 2 is 1.89 bits per heavy atom. The highest BCUT2D eigenvalue weighted by molar-refractivity contribution is 5.98. The molecule has 28 heavy (non-hydrogen) atoms. The van der Waals surface area contributed by atoms with Crippen molar-refractivity contribution in [2.45, 2.75) is 33.2 Å². The zero-order valence-corrected chi connectivity index (χ0v) is 16.8. The van der Waals surface area contributed by atoms with E-state index in [-0.39, 0.29) is 23.6 Å². The topological polar surface area (TPSA) is 65.5 Å². The van der Waals surface area contributed by atoms with Crippen LogP contribution >= 0.6 is 0 Å². The first-order chi connectivity index (χ1) is 13.5.